The van der Waals surface area contributed by atoms with Crippen molar-refractivity contribution < 1.29 is 23.4 Å². The molecule has 214 valence electrons. The van der Waals surface area contributed by atoms with Gasteiger partial charge in [0.2, 0.25) is 0 Å². The lowest BCUT2D eigenvalue weighted by molar-refractivity contribution is 0.0266. The van der Waals surface area contributed by atoms with E-state index in [9.17, 15) is 9.50 Å². The van der Waals surface area contributed by atoms with Gasteiger partial charge in [-0.05, 0) is 56.6 Å². The molecule has 3 aliphatic heterocycles. The molecule has 0 spiro atoms. The Morgan fingerprint density at radius 3 is 2.63 bits per heavy atom. The third kappa shape index (κ3) is 4.67. The fraction of sp³-hybridized carbons (Fsp3) is 0.452. The predicted molar refractivity (Wildman–Crippen MR) is 152 cm³/mol. The van der Waals surface area contributed by atoms with E-state index in [1.807, 2.05) is 4.90 Å². The smallest absolute Gasteiger partial charge is 0.319 e. The van der Waals surface area contributed by atoms with E-state index in [2.05, 4.69) is 14.9 Å². The van der Waals surface area contributed by atoms with Crippen molar-refractivity contribution >= 4 is 27.5 Å². The van der Waals surface area contributed by atoms with Crippen LogP contribution in [0.4, 0.5) is 14.6 Å². The summed E-state index contributed by atoms with van der Waals surface area (Å²) in [5.74, 6) is -0.607. The van der Waals surface area contributed by atoms with E-state index in [-0.39, 0.29) is 29.4 Å². The van der Waals surface area contributed by atoms with Crippen LogP contribution in [-0.2, 0) is 4.74 Å². The summed E-state index contributed by atoms with van der Waals surface area (Å²) in [5, 5.41) is 11.2. The second-order valence-electron chi connectivity index (χ2n) is 11.3. The first kappa shape index (κ1) is 26.4. The number of pyridine rings is 1. The Balaban J connectivity index is 1.35. The van der Waals surface area contributed by atoms with Crippen LogP contribution in [-0.4, -0.2) is 82.6 Å². The normalized spacial score (nSPS) is 21.0. The zero-order chi connectivity index (χ0) is 28.0. The zero-order valence-corrected chi connectivity index (χ0v) is 22.9. The van der Waals surface area contributed by atoms with Crippen molar-refractivity contribution in [1.82, 2.24) is 19.9 Å². The van der Waals surface area contributed by atoms with Crippen LogP contribution in [0.25, 0.3) is 32.9 Å². The van der Waals surface area contributed by atoms with E-state index in [1.54, 1.807) is 36.5 Å². The highest BCUT2D eigenvalue weighted by Crippen LogP contribution is 2.40. The van der Waals surface area contributed by atoms with Gasteiger partial charge < -0.3 is 19.5 Å². The number of aliphatic hydroxyl groups is 1. The lowest BCUT2D eigenvalue weighted by Crippen LogP contribution is -2.43. The van der Waals surface area contributed by atoms with E-state index in [1.165, 1.54) is 6.07 Å². The summed E-state index contributed by atoms with van der Waals surface area (Å²) < 4.78 is 43.5. The number of hydrogen-bond acceptors (Lipinski definition) is 8. The number of nitrogens with zero attached hydrogens (tertiary/aromatic N) is 5. The Hall–Kier alpha value is -3.47. The molecule has 1 atom stereocenters. The van der Waals surface area contributed by atoms with E-state index in [0.717, 1.165) is 45.2 Å². The number of halogens is 2. The second-order valence-corrected chi connectivity index (χ2v) is 11.3. The van der Waals surface area contributed by atoms with E-state index < -0.39 is 17.7 Å². The third-order valence-corrected chi connectivity index (χ3v) is 8.89. The van der Waals surface area contributed by atoms with Gasteiger partial charge in [-0.3, -0.25) is 9.88 Å². The van der Waals surface area contributed by atoms with Gasteiger partial charge in [0, 0.05) is 36.8 Å². The van der Waals surface area contributed by atoms with Crippen LogP contribution in [0.5, 0.6) is 6.01 Å². The molecule has 41 heavy (non-hydrogen) atoms. The molecular weight excluding hydrogens is 528 g/mol. The van der Waals surface area contributed by atoms with E-state index in [4.69, 9.17) is 14.5 Å². The molecule has 0 amide bonds. The monoisotopic (exact) mass is 561 g/mol. The Bertz CT molecular complexity index is 1590. The molecule has 10 heteroatoms. The third-order valence-electron chi connectivity index (χ3n) is 8.89. The fourth-order valence-corrected chi connectivity index (χ4v) is 6.87. The van der Waals surface area contributed by atoms with Gasteiger partial charge in [-0.25, -0.2) is 8.78 Å². The summed E-state index contributed by atoms with van der Waals surface area (Å²) in [6.07, 6.45) is 6.27. The molecule has 8 nitrogen and oxygen atoms in total. The largest absolute Gasteiger partial charge is 0.461 e. The van der Waals surface area contributed by atoms with Gasteiger partial charge >= 0.3 is 6.01 Å². The van der Waals surface area contributed by atoms with Crippen LogP contribution < -0.4 is 9.64 Å². The molecule has 5 heterocycles. The Morgan fingerprint density at radius 1 is 1.02 bits per heavy atom. The standard InChI is InChI=1S/C31H33F2N5O3/c32-24-9-2-7-20-6-1-8-22(25(20)24)27-26(33)28-23(16-34-27)29(37-12-5-15-40-21(17-37)18-39)36-30(35-28)41-19-31-10-3-13-38(31)14-4-11-31/h1-2,6-9,16,21,39H,3-5,10-15,17-19H2. The van der Waals surface area contributed by atoms with Gasteiger partial charge in [0.1, 0.15) is 29.5 Å². The van der Waals surface area contributed by atoms with E-state index in [0.29, 0.717) is 53.8 Å². The predicted octanol–water partition coefficient (Wildman–Crippen LogP) is 4.72. The molecule has 1 unspecified atom stereocenters. The zero-order valence-electron chi connectivity index (χ0n) is 22.9. The SMILES string of the molecule is OCC1CN(c2nc(OCC34CCCN3CCC4)nc3c(F)c(-c4cccc5cccc(F)c45)ncc23)CCCO1. The molecule has 0 radical (unpaired) electrons. The molecule has 0 aliphatic carbocycles. The van der Waals surface area contributed by atoms with Crippen molar-refractivity contribution in [2.75, 3.05) is 50.9 Å². The van der Waals surface area contributed by atoms with Gasteiger partial charge in [-0.2, -0.15) is 9.97 Å². The van der Waals surface area contributed by atoms with Crippen LogP contribution in [0, 0.1) is 11.6 Å². The molecule has 3 saturated heterocycles. The Labute approximate surface area is 236 Å². The summed E-state index contributed by atoms with van der Waals surface area (Å²) in [5.41, 5.74) is 0.422. The molecule has 4 aromatic rings. The lowest BCUT2D eigenvalue weighted by Gasteiger charge is -2.31. The summed E-state index contributed by atoms with van der Waals surface area (Å²) >= 11 is 0. The van der Waals surface area contributed by atoms with Crippen molar-refractivity contribution in [3.63, 3.8) is 0 Å². The first-order valence-corrected chi connectivity index (χ1v) is 14.5. The van der Waals surface area contributed by atoms with Gasteiger partial charge in [-0.15, -0.1) is 0 Å². The van der Waals surface area contributed by atoms with Crippen molar-refractivity contribution in [2.45, 2.75) is 43.7 Å². The molecule has 0 saturated carbocycles. The highest BCUT2D eigenvalue weighted by molar-refractivity contribution is 5.99. The minimum atomic E-state index is -0.655. The average molecular weight is 562 g/mol. The number of hydrogen-bond donors (Lipinski definition) is 1. The number of aromatic nitrogens is 3. The Kier molecular flexibility index (Phi) is 6.92. The molecule has 0 bridgehead atoms. The van der Waals surface area contributed by atoms with Crippen LogP contribution in [0.15, 0.2) is 42.6 Å². The minimum Gasteiger partial charge on any atom is -0.461 e. The number of benzene rings is 2. The van der Waals surface area contributed by atoms with Gasteiger partial charge in [-0.1, -0.05) is 30.3 Å². The van der Waals surface area contributed by atoms with Crippen molar-refractivity contribution in [3.05, 3.63) is 54.2 Å². The van der Waals surface area contributed by atoms with Gasteiger partial charge in [0.15, 0.2) is 5.82 Å². The van der Waals surface area contributed by atoms with Crippen molar-refractivity contribution in [2.24, 2.45) is 0 Å². The fourth-order valence-electron chi connectivity index (χ4n) is 6.87. The highest BCUT2D eigenvalue weighted by atomic mass is 19.1. The highest BCUT2D eigenvalue weighted by Gasteiger charge is 2.45. The minimum absolute atomic E-state index is 0.0209. The summed E-state index contributed by atoms with van der Waals surface area (Å²) in [6.45, 7) is 3.94. The van der Waals surface area contributed by atoms with Crippen LogP contribution >= 0.6 is 0 Å². The molecule has 2 aromatic heterocycles. The maximum atomic E-state index is 16.5. The van der Waals surface area contributed by atoms with Gasteiger partial charge in [0.25, 0.3) is 0 Å². The van der Waals surface area contributed by atoms with Crippen molar-refractivity contribution in [3.8, 4) is 17.3 Å². The number of anilines is 1. The average Bonchev–Trinajstić information content (AvgIpc) is 3.48. The maximum Gasteiger partial charge on any atom is 0.319 e. The Morgan fingerprint density at radius 2 is 1.83 bits per heavy atom. The van der Waals surface area contributed by atoms with Gasteiger partial charge in [0.05, 0.1) is 23.6 Å². The molecule has 3 fully saturated rings. The van der Waals surface area contributed by atoms with Crippen LogP contribution in [0.3, 0.4) is 0 Å². The number of fused-ring (bicyclic) bond motifs is 3. The quantitative estimate of drug-likeness (QED) is 0.362. The summed E-state index contributed by atoms with van der Waals surface area (Å²) in [6, 6.07) is 10.1. The maximum absolute atomic E-state index is 16.5. The van der Waals surface area contributed by atoms with Crippen LogP contribution in [0.2, 0.25) is 0 Å². The number of aliphatic hydroxyl groups excluding tert-OH is 1. The number of rotatable bonds is 6. The topological polar surface area (TPSA) is 83.8 Å². The van der Waals surface area contributed by atoms with E-state index >= 15 is 4.39 Å². The molecule has 2 aromatic carbocycles. The molecule has 7 rings (SSSR count). The van der Waals surface area contributed by atoms with Crippen LogP contribution in [0.1, 0.15) is 32.1 Å². The lowest BCUT2D eigenvalue weighted by atomic mass is 9.95. The number of ether oxygens (including phenoxy) is 2. The summed E-state index contributed by atoms with van der Waals surface area (Å²) in [4.78, 5) is 18.3. The molecule has 1 N–H and O–H groups in total. The van der Waals surface area contributed by atoms with Crippen molar-refractivity contribution in [1.29, 1.82) is 0 Å². The second kappa shape index (κ2) is 10.7. The first-order chi connectivity index (χ1) is 20.1. The summed E-state index contributed by atoms with van der Waals surface area (Å²) in [7, 11) is 0. The molecular formula is C31H33F2N5O3. The first-order valence-electron chi connectivity index (χ1n) is 14.5. The molecule has 3 aliphatic rings.